The Balaban J connectivity index is 2.21. The quantitative estimate of drug-likeness (QED) is 0.662. The number of anilines is 3. The van der Waals surface area contributed by atoms with Crippen LogP contribution in [0.2, 0.25) is 0 Å². The molecule has 2 atom stereocenters. The van der Waals surface area contributed by atoms with E-state index in [0.717, 1.165) is 5.82 Å². The molecule has 2 unspecified atom stereocenters. The molecule has 6 heteroatoms. The summed E-state index contributed by atoms with van der Waals surface area (Å²) in [6.07, 6.45) is -0.174. The number of nitrogen functional groups attached to an aromatic ring is 2. The summed E-state index contributed by atoms with van der Waals surface area (Å²) in [5, 5.41) is 9.12. The van der Waals surface area contributed by atoms with Gasteiger partial charge in [0.1, 0.15) is 11.6 Å². The Morgan fingerprint density at radius 3 is 2.94 bits per heavy atom. The predicted octanol–water partition coefficient (Wildman–Crippen LogP) is -0.168. The molecule has 1 aliphatic heterocycles. The van der Waals surface area contributed by atoms with Crippen LogP contribution in [-0.2, 0) is 4.74 Å². The molecule has 17 heavy (non-hydrogen) atoms. The van der Waals surface area contributed by atoms with Crippen molar-refractivity contribution in [2.75, 3.05) is 36.1 Å². The fourth-order valence-electron chi connectivity index (χ4n) is 1.88. The second kappa shape index (κ2) is 4.77. The van der Waals surface area contributed by atoms with Crippen molar-refractivity contribution >= 4 is 17.3 Å². The fraction of sp³-hybridized carbons (Fsp3) is 0.545. The minimum atomic E-state index is -0.174. The Morgan fingerprint density at radius 2 is 2.29 bits per heavy atom. The van der Waals surface area contributed by atoms with Crippen molar-refractivity contribution in [3.63, 3.8) is 0 Å². The van der Waals surface area contributed by atoms with Gasteiger partial charge in [-0.3, -0.25) is 0 Å². The second-order valence-electron chi connectivity index (χ2n) is 4.28. The lowest BCUT2D eigenvalue weighted by Gasteiger charge is -2.38. The molecule has 0 aliphatic carbocycles. The number of aliphatic hydroxyl groups is 1. The van der Waals surface area contributed by atoms with Crippen molar-refractivity contribution in [3.8, 4) is 0 Å². The molecule has 0 amide bonds. The fourth-order valence-corrected chi connectivity index (χ4v) is 1.88. The first kappa shape index (κ1) is 11.9. The Hall–Kier alpha value is -1.53. The van der Waals surface area contributed by atoms with Crippen LogP contribution in [0.3, 0.4) is 0 Å². The minimum absolute atomic E-state index is 0.00761. The van der Waals surface area contributed by atoms with Crippen LogP contribution in [0.4, 0.5) is 17.3 Å². The SMILES string of the molecule is CC1COC(CO)CN1c1ccc(N)c(N)n1. The largest absolute Gasteiger partial charge is 0.396 e. The van der Waals surface area contributed by atoms with E-state index in [4.69, 9.17) is 21.3 Å². The molecule has 1 aromatic rings. The van der Waals surface area contributed by atoms with E-state index in [1.165, 1.54) is 0 Å². The zero-order valence-electron chi connectivity index (χ0n) is 9.84. The molecule has 1 aromatic heterocycles. The highest BCUT2D eigenvalue weighted by Gasteiger charge is 2.26. The summed E-state index contributed by atoms with van der Waals surface area (Å²) in [5.74, 6) is 1.10. The van der Waals surface area contributed by atoms with Gasteiger partial charge in [-0.05, 0) is 19.1 Å². The Labute approximate surface area is 100 Å². The number of pyridine rings is 1. The van der Waals surface area contributed by atoms with Crippen LogP contribution < -0.4 is 16.4 Å². The highest BCUT2D eigenvalue weighted by molar-refractivity contribution is 5.62. The molecule has 2 heterocycles. The van der Waals surface area contributed by atoms with Crippen molar-refractivity contribution in [2.45, 2.75) is 19.1 Å². The van der Waals surface area contributed by atoms with Crippen LogP contribution in [0, 0.1) is 0 Å². The molecule has 0 spiro atoms. The lowest BCUT2D eigenvalue weighted by molar-refractivity contribution is -0.0105. The molecule has 1 fully saturated rings. The van der Waals surface area contributed by atoms with E-state index < -0.39 is 0 Å². The molecule has 1 aliphatic rings. The molecule has 0 bridgehead atoms. The van der Waals surface area contributed by atoms with Gasteiger partial charge in [0.25, 0.3) is 0 Å². The van der Waals surface area contributed by atoms with Gasteiger partial charge >= 0.3 is 0 Å². The number of morpholine rings is 1. The number of hydrogen-bond acceptors (Lipinski definition) is 6. The average molecular weight is 238 g/mol. The molecule has 94 valence electrons. The summed E-state index contributed by atoms with van der Waals surface area (Å²) in [7, 11) is 0. The van der Waals surface area contributed by atoms with Crippen LogP contribution in [0.25, 0.3) is 0 Å². The summed E-state index contributed by atoms with van der Waals surface area (Å²) in [5.41, 5.74) is 11.8. The maximum atomic E-state index is 9.12. The van der Waals surface area contributed by atoms with Gasteiger partial charge in [0.05, 0.1) is 31.0 Å². The molecular formula is C11H18N4O2. The smallest absolute Gasteiger partial charge is 0.149 e. The third-order valence-electron chi connectivity index (χ3n) is 2.95. The predicted molar refractivity (Wildman–Crippen MR) is 66.7 cm³/mol. The monoisotopic (exact) mass is 238 g/mol. The Bertz CT molecular complexity index is 399. The van der Waals surface area contributed by atoms with Gasteiger partial charge in [0.15, 0.2) is 0 Å². The zero-order chi connectivity index (χ0) is 12.4. The first-order valence-electron chi connectivity index (χ1n) is 5.63. The summed E-state index contributed by atoms with van der Waals surface area (Å²) in [6.45, 7) is 3.22. The Kier molecular flexibility index (Phi) is 3.35. The number of ether oxygens (including phenoxy) is 1. The Morgan fingerprint density at radius 1 is 1.53 bits per heavy atom. The molecule has 6 nitrogen and oxygen atoms in total. The van der Waals surface area contributed by atoms with Gasteiger partial charge < -0.3 is 26.2 Å². The van der Waals surface area contributed by atoms with Gasteiger partial charge in [-0.2, -0.15) is 0 Å². The van der Waals surface area contributed by atoms with E-state index in [2.05, 4.69) is 9.88 Å². The zero-order valence-corrected chi connectivity index (χ0v) is 9.84. The molecule has 1 saturated heterocycles. The van der Waals surface area contributed by atoms with E-state index in [1.54, 1.807) is 6.07 Å². The van der Waals surface area contributed by atoms with Crippen LogP contribution in [0.15, 0.2) is 12.1 Å². The molecule has 0 saturated carbocycles. The normalized spacial score (nSPS) is 24.9. The topological polar surface area (TPSA) is 97.6 Å². The van der Waals surface area contributed by atoms with Crippen molar-refractivity contribution in [1.82, 2.24) is 4.98 Å². The van der Waals surface area contributed by atoms with E-state index in [-0.39, 0.29) is 18.8 Å². The summed E-state index contributed by atoms with van der Waals surface area (Å²) in [6, 6.07) is 3.78. The summed E-state index contributed by atoms with van der Waals surface area (Å²) >= 11 is 0. The highest BCUT2D eigenvalue weighted by atomic mass is 16.5. The maximum Gasteiger partial charge on any atom is 0.149 e. The second-order valence-corrected chi connectivity index (χ2v) is 4.28. The van der Waals surface area contributed by atoms with Crippen molar-refractivity contribution in [3.05, 3.63) is 12.1 Å². The van der Waals surface area contributed by atoms with Gasteiger partial charge in [0, 0.05) is 6.54 Å². The number of nitrogens with zero attached hydrogens (tertiary/aromatic N) is 2. The van der Waals surface area contributed by atoms with Crippen LogP contribution in [0.5, 0.6) is 0 Å². The van der Waals surface area contributed by atoms with E-state index in [0.29, 0.717) is 24.7 Å². The first-order chi connectivity index (χ1) is 8.11. The lowest BCUT2D eigenvalue weighted by atomic mass is 10.2. The van der Waals surface area contributed by atoms with Crippen LogP contribution in [-0.4, -0.2) is 42.0 Å². The standard InChI is InChI=1S/C11H18N4O2/c1-7-6-17-8(5-16)4-15(7)10-3-2-9(12)11(13)14-10/h2-3,7-8,16H,4-6,12H2,1H3,(H2,13,14). The van der Waals surface area contributed by atoms with Crippen molar-refractivity contribution in [1.29, 1.82) is 0 Å². The third kappa shape index (κ3) is 2.42. The van der Waals surface area contributed by atoms with E-state index >= 15 is 0 Å². The molecule has 0 aromatic carbocycles. The number of aliphatic hydroxyl groups excluding tert-OH is 1. The summed E-state index contributed by atoms with van der Waals surface area (Å²) in [4.78, 5) is 6.33. The molecule has 5 N–H and O–H groups in total. The minimum Gasteiger partial charge on any atom is -0.396 e. The number of rotatable bonds is 2. The molecule has 0 radical (unpaired) electrons. The first-order valence-corrected chi connectivity index (χ1v) is 5.63. The van der Waals surface area contributed by atoms with Gasteiger partial charge in [-0.25, -0.2) is 4.98 Å². The maximum absolute atomic E-state index is 9.12. The lowest BCUT2D eigenvalue weighted by Crippen LogP contribution is -2.50. The number of aromatic nitrogens is 1. The van der Waals surface area contributed by atoms with Crippen LogP contribution >= 0.6 is 0 Å². The number of nitrogens with two attached hydrogens (primary N) is 2. The van der Waals surface area contributed by atoms with Gasteiger partial charge in [-0.1, -0.05) is 0 Å². The van der Waals surface area contributed by atoms with Crippen molar-refractivity contribution < 1.29 is 9.84 Å². The van der Waals surface area contributed by atoms with E-state index in [9.17, 15) is 0 Å². The highest BCUT2D eigenvalue weighted by Crippen LogP contribution is 2.23. The van der Waals surface area contributed by atoms with Gasteiger partial charge in [0.2, 0.25) is 0 Å². The van der Waals surface area contributed by atoms with Crippen LogP contribution in [0.1, 0.15) is 6.92 Å². The van der Waals surface area contributed by atoms with Gasteiger partial charge in [-0.15, -0.1) is 0 Å². The average Bonchev–Trinajstić information content (AvgIpc) is 2.33. The molecular weight excluding hydrogens is 220 g/mol. The third-order valence-corrected chi connectivity index (χ3v) is 2.95. The number of hydrogen-bond donors (Lipinski definition) is 3. The van der Waals surface area contributed by atoms with E-state index in [1.807, 2.05) is 13.0 Å². The molecule has 2 rings (SSSR count). The summed E-state index contributed by atoms with van der Waals surface area (Å²) < 4.78 is 5.47. The van der Waals surface area contributed by atoms with Crippen molar-refractivity contribution in [2.24, 2.45) is 0 Å².